The van der Waals surface area contributed by atoms with E-state index in [0.29, 0.717) is 5.91 Å². The second-order valence-electron chi connectivity index (χ2n) is 8.41. The fourth-order valence-electron chi connectivity index (χ4n) is 3.60. The first-order valence-corrected chi connectivity index (χ1v) is 11.4. The summed E-state index contributed by atoms with van der Waals surface area (Å²) in [6, 6.07) is 8.40. The van der Waals surface area contributed by atoms with E-state index in [1.807, 2.05) is 0 Å². The predicted octanol–water partition coefficient (Wildman–Crippen LogP) is 3.80. The molecule has 2 aliphatic rings. The smallest absolute Gasteiger partial charge is 0.236 e. The Kier molecular flexibility index (Phi) is 5.32. The molecule has 1 aromatic carbocycles. The van der Waals surface area contributed by atoms with E-state index in [1.54, 1.807) is 23.1 Å². The van der Waals surface area contributed by atoms with Gasteiger partial charge < -0.3 is 4.90 Å². The van der Waals surface area contributed by atoms with Gasteiger partial charge in [-0.05, 0) is 18.1 Å². The first-order valence-electron chi connectivity index (χ1n) is 9.61. The number of hydrogen-bond acceptors (Lipinski definition) is 5. The topological polar surface area (TPSA) is 36.4 Å². The van der Waals surface area contributed by atoms with Crippen molar-refractivity contribution < 1.29 is 4.79 Å². The van der Waals surface area contributed by atoms with Gasteiger partial charge in [-0.25, -0.2) is 4.98 Å². The molecule has 4 nitrogen and oxygen atoms in total. The highest BCUT2D eigenvalue weighted by Crippen LogP contribution is 2.37. The Balaban J connectivity index is 1.29. The van der Waals surface area contributed by atoms with E-state index in [0.717, 1.165) is 44.8 Å². The molecule has 3 heterocycles. The Bertz CT molecular complexity index is 794. The largest absolute Gasteiger partial charge is 0.339 e. The lowest BCUT2D eigenvalue weighted by Gasteiger charge is -2.35. The summed E-state index contributed by atoms with van der Waals surface area (Å²) >= 11 is 3.49. The van der Waals surface area contributed by atoms with Gasteiger partial charge in [-0.15, -0.1) is 23.1 Å². The Morgan fingerprint density at radius 1 is 1.19 bits per heavy atom. The van der Waals surface area contributed by atoms with Crippen LogP contribution < -0.4 is 0 Å². The van der Waals surface area contributed by atoms with E-state index in [2.05, 4.69) is 60.2 Å². The minimum absolute atomic E-state index is 0.0573. The second-order valence-corrected chi connectivity index (χ2v) is 10.5. The molecule has 0 bridgehead atoms. The van der Waals surface area contributed by atoms with Gasteiger partial charge in [0.1, 0.15) is 0 Å². The zero-order chi connectivity index (χ0) is 19.0. The van der Waals surface area contributed by atoms with Crippen molar-refractivity contribution in [3.8, 4) is 0 Å². The van der Waals surface area contributed by atoms with Gasteiger partial charge in [0.25, 0.3) is 0 Å². The van der Waals surface area contributed by atoms with E-state index >= 15 is 0 Å². The van der Waals surface area contributed by atoms with E-state index in [-0.39, 0.29) is 10.7 Å². The summed E-state index contributed by atoms with van der Waals surface area (Å²) in [6.07, 6.45) is 0.869. The molecule has 0 saturated carbocycles. The number of rotatable bonds is 3. The molecule has 2 aliphatic heterocycles. The van der Waals surface area contributed by atoms with Crippen molar-refractivity contribution in [2.75, 3.05) is 26.2 Å². The Morgan fingerprint density at radius 3 is 2.59 bits per heavy atom. The molecule has 1 amide bonds. The van der Waals surface area contributed by atoms with Gasteiger partial charge in [0.2, 0.25) is 5.91 Å². The van der Waals surface area contributed by atoms with Crippen LogP contribution in [-0.2, 0) is 23.2 Å². The molecule has 6 heteroatoms. The molecule has 1 aromatic heterocycles. The van der Waals surface area contributed by atoms with Gasteiger partial charge >= 0.3 is 0 Å². The molecule has 1 fully saturated rings. The van der Waals surface area contributed by atoms with Crippen LogP contribution in [0.15, 0.2) is 34.5 Å². The molecule has 4 rings (SSSR count). The van der Waals surface area contributed by atoms with Crippen molar-refractivity contribution in [2.45, 2.75) is 49.3 Å². The van der Waals surface area contributed by atoms with E-state index in [4.69, 9.17) is 4.98 Å². The average molecular weight is 402 g/mol. The summed E-state index contributed by atoms with van der Waals surface area (Å²) in [7, 11) is 0. The molecule has 1 unspecified atom stereocenters. The molecule has 27 heavy (non-hydrogen) atoms. The van der Waals surface area contributed by atoms with Crippen molar-refractivity contribution in [1.82, 2.24) is 14.8 Å². The Labute approximate surface area is 170 Å². The molecule has 0 aliphatic carbocycles. The number of thioether (sulfide) groups is 1. The van der Waals surface area contributed by atoms with Crippen LogP contribution in [0.1, 0.15) is 37.0 Å². The van der Waals surface area contributed by atoms with Crippen molar-refractivity contribution >= 4 is 29.0 Å². The highest BCUT2D eigenvalue weighted by Gasteiger charge is 2.32. The number of nitrogens with zero attached hydrogens (tertiary/aromatic N) is 3. The number of fused-ring (bicyclic) bond motifs is 1. The molecule has 144 valence electrons. The summed E-state index contributed by atoms with van der Waals surface area (Å²) < 4.78 is 0. The SMILES string of the molecule is CC(C)(C)c1nc(CN2CCN(C(=O)C3Cc4ccccc4S3)CC2)cs1. The third kappa shape index (κ3) is 4.23. The summed E-state index contributed by atoms with van der Waals surface area (Å²) in [6.45, 7) is 11.0. The van der Waals surface area contributed by atoms with Gasteiger partial charge in [0, 0.05) is 48.4 Å². The maximum absolute atomic E-state index is 12.9. The molecular weight excluding hydrogens is 374 g/mol. The van der Waals surface area contributed by atoms with Crippen LogP contribution in [0.2, 0.25) is 0 Å². The predicted molar refractivity (Wildman–Crippen MR) is 112 cm³/mol. The summed E-state index contributed by atoms with van der Waals surface area (Å²) in [5, 5.41) is 3.44. The van der Waals surface area contributed by atoms with Gasteiger partial charge in [0.05, 0.1) is 16.0 Å². The summed E-state index contributed by atoms with van der Waals surface area (Å²) in [5.74, 6) is 0.305. The number of thiazole rings is 1. The lowest BCUT2D eigenvalue weighted by atomic mass is 9.98. The van der Waals surface area contributed by atoms with Crippen LogP contribution in [0.3, 0.4) is 0 Å². The first kappa shape index (κ1) is 19.0. The number of aromatic nitrogens is 1. The molecule has 0 N–H and O–H groups in total. The molecule has 0 spiro atoms. The second kappa shape index (κ2) is 7.57. The third-order valence-electron chi connectivity index (χ3n) is 5.19. The number of amides is 1. The zero-order valence-corrected chi connectivity index (χ0v) is 17.9. The minimum Gasteiger partial charge on any atom is -0.339 e. The van der Waals surface area contributed by atoms with Crippen molar-refractivity contribution in [3.05, 3.63) is 45.9 Å². The Hall–Kier alpha value is -1.37. The van der Waals surface area contributed by atoms with Gasteiger partial charge in [-0.2, -0.15) is 0 Å². The molecule has 0 radical (unpaired) electrons. The third-order valence-corrected chi connectivity index (χ3v) is 7.81. The number of piperazine rings is 1. The lowest BCUT2D eigenvalue weighted by Crippen LogP contribution is -2.50. The van der Waals surface area contributed by atoms with Gasteiger partial charge in [0.15, 0.2) is 0 Å². The Morgan fingerprint density at radius 2 is 1.93 bits per heavy atom. The lowest BCUT2D eigenvalue weighted by molar-refractivity contribution is -0.132. The highest BCUT2D eigenvalue weighted by atomic mass is 32.2. The maximum atomic E-state index is 12.9. The minimum atomic E-state index is 0.0573. The number of carbonyl (C=O) groups is 1. The average Bonchev–Trinajstić information content (AvgIpc) is 3.28. The standard InChI is InChI=1S/C21H27N3OS2/c1-21(2,3)20-22-16(14-26-20)13-23-8-10-24(11-9-23)19(25)18-12-15-6-4-5-7-17(15)27-18/h4-7,14,18H,8-13H2,1-3H3. The summed E-state index contributed by atoms with van der Waals surface area (Å²) in [5.41, 5.74) is 2.59. The van der Waals surface area contributed by atoms with Crippen LogP contribution in [0, 0.1) is 0 Å². The van der Waals surface area contributed by atoms with Crippen LogP contribution in [0.4, 0.5) is 0 Å². The van der Waals surface area contributed by atoms with Crippen LogP contribution in [-0.4, -0.2) is 52.1 Å². The van der Waals surface area contributed by atoms with Gasteiger partial charge in [-0.3, -0.25) is 9.69 Å². The van der Waals surface area contributed by atoms with E-state index < -0.39 is 0 Å². The number of hydrogen-bond donors (Lipinski definition) is 0. The molecule has 2 aromatic rings. The van der Waals surface area contributed by atoms with E-state index in [1.165, 1.54) is 15.5 Å². The van der Waals surface area contributed by atoms with Crippen LogP contribution >= 0.6 is 23.1 Å². The zero-order valence-electron chi connectivity index (χ0n) is 16.3. The fraction of sp³-hybridized carbons (Fsp3) is 0.524. The van der Waals surface area contributed by atoms with E-state index in [9.17, 15) is 4.79 Å². The normalized spacial score (nSPS) is 20.7. The quantitative estimate of drug-likeness (QED) is 0.784. The van der Waals surface area contributed by atoms with Crippen LogP contribution in [0.25, 0.3) is 0 Å². The first-order chi connectivity index (χ1) is 12.9. The number of carbonyl (C=O) groups excluding carboxylic acids is 1. The van der Waals surface area contributed by atoms with Crippen molar-refractivity contribution in [2.24, 2.45) is 0 Å². The fourth-order valence-corrected chi connectivity index (χ4v) is 5.78. The van der Waals surface area contributed by atoms with Crippen LogP contribution in [0.5, 0.6) is 0 Å². The molecule has 1 saturated heterocycles. The number of benzene rings is 1. The maximum Gasteiger partial charge on any atom is 0.236 e. The molecule has 1 atom stereocenters. The highest BCUT2D eigenvalue weighted by molar-refractivity contribution is 8.01. The summed E-state index contributed by atoms with van der Waals surface area (Å²) in [4.78, 5) is 23.5. The van der Waals surface area contributed by atoms with Crippen molar-refractivity contribution in [3.63, 3.8) is 0 Å². The van der Waals surface area contributed by atoms with Gasteiger partial charge in [-0.1, -0.05) is 39.0 Å². The monoisotopic (exact) mass is 401 g/mol. The molecular formula is C21H27N3OS2. The van der Waals surface area contributed by atoms with Crippen molar-refractivity contribution in [1.29, 1.82) is 0 Å².